The van der Waals surface area contributed by atoms with Gasteiger partial charge in [0, 0.05) is 19.1 Å². The lowest BCUT2D eigenvalue weighted by Gasteiger charge is -2.44. The number of hydrogen-bond donors (Lipinski definition) is 2. The third kappa shape index (κ3) is 3.35. The number of nitrogens with one attached hydrogen (secondary N) is 2. The molecular formula is C16H24N4O. The van der Waals surface area contributed by atoms with Crippen molar-refractivity contribution in [2.45, 2.75) is 32.2 Å². The molecule has 3 saturated heterocycles. The molecular weight excluding hydrogens is 264 g/mol. The summed E-state index contributed by atoms with van der Waals surface area (Å²) in [5.41, 5.74) is 0.507. The summed E-state index contributed by atoms with van der Waals surface area (Å²) in [5, 5.41) is 6.40. The summed E-state index contributed by atoms with van der Waals surface area (Å²) in [6, 6.07) is 5.86. The van der Waals surface area contributed by atoms with Gasteiger partial charge < -0.3 is 15.5 Å². The Labute approximate surface area is 126 Å². The van der Waals surface area contributed by atoms with Gasteiger partial charge in [0.15, 0.2) is 0 Å². The maximum Gasteiger partial charge on any atom is 0.270 e. The number of fused-ring (bicyclic) bond motifs is 3. The molecule has 4 heterocycles. The van der Waals surface area contributed by atoms with Crippen LogP contribution in [0.4, 0.5) is 5.82 Å². The van der Waals surface area contributed by atoms with Gasteiger partial charge in [-0.05, 0) is 50.4 Å². The van der Waals surface area contributed by atoms with Gasteiger partial charge in [-0.1, -0.05) is 13.0 Å². The van der Waals surface area contributed by atoms with E-state index in [-0.39, 0.29) is 11.9 Å². The maximum atomic E-state index is 12.4. The smallest absolute Gasteiger partial charge is 0.270 e. The zero-order chi connectivity index (χ0) is 14.7. The highest BCUT2D eigenvalue weighted by Gasteiger charge is 2.35. The van der Waals surface area contributed by atoms with E-state index in [9.17, 15) is 4.79 Å². The number of hydrogen-bond acceptors (Lipinski definition) is 4. The number of piperidine rings is 3. The monoisotopic (exact) mass is 288 g/mol. The van der Waals surface area contributed by atoms with Crippen LogP contribution in [0.2, 0.25) is 0 Å². The van der Waals surface area contributed by atoms with Gasteiger partial charge in [0.2, 0.25) is 0 Å². The van der Waals surface area contributed by atoms with E-state index < -0.39 is 0 Å². The average molecular weight is 288 g/mol. The van der Waals surface area contributed by atoms with Gasteiger partial charge in [0.05, 0.1) is 0 Å². The fourth-order valence-corrected chi connectivity index (χ4v) is 3.28. The van der Waals surface area contributed by atoms with Crippen molar-refractivity contribution in [3.05, 3.63) is 23.9 Å². The third-order valence-electron chi connectivity index (χ3n) is 4.51. The number of pyridine rings is 1. The summed E-state index contributed by atoms with van der Waals surface area (Å²) in [5.74, 6) is 1.37. The highest BCUT2D eigenvalue weighted by atomic mass is 16.2. The van der Waals surface area contributed by atoms with Crippen LogP contribution in [0.15, 0.2) is 18.2 Å². The van der Waals surface area contributed by atoms with Gasteiger partial charge in [-0.3, -0.25) is 4.79 Å². The topological polar surface area (TPSA) is 57.3 Å². The second-order valence-corrected chi connectivity index (χ2v) is 6.05. The first-order chi connectivity index (χ1) is 10.3. The number of carbonyl (C=O) groups is 1. The molecule has 0 aromatic carbocycles. The van der Waals surface area contributed by atoms with E-state index in [0.717, 1.165) is 25.3 Å². The summed E-state index contributed by atoms with van der Waals surface area (Å²) in [4.78, 5) is 19.2. The van der Waals surface area contributed by atoms with Crippen LogP contribution in [-0.2, 0) is 0 Å². The standard InChI is InChI=1S/C16H24N4O/c1-2-8-17-15-5-3-4-13(18-15)16(21)19-14-11-20-9-6-12(14)7-10-20/h3-5,12,14H,2,6-11H2,1H3,(H,17,18)(H,19,21). The zero-order valence-corrected chi connectivity index (χ0v) is 12.6. The molecule has 5 nitrogen and oxygen atoms in total. The highest BCUT2D eigenvalue weighted by Crippen LogP contribution is 2.27. The van der Waals surface area contributed by atoms with Gasteiger partial charge in [-0.2, -0.15) is 0 Å². The lowest BCUT2D eigenvalue weighted by Crippen LogP contribution is -2.57. The van der Waals surface area contributed by atoms with E-state index in [0.29, 0.717) is 11.6 Å². The largest absolute Gasteiger partial charge is 0.370 e. The van der Waals surface area contributed by atoms with Crippen molar-refractivity contribution < 1.29 is 4.79 Å². The Morgan fingerprint density at radius 1 is 1.38 bits per heavy atom. The van der Waals surface area contributed by atoms with Crippen LogP contribution in [0.3, 0.4) is 0 Å². The minimum atomic E-state index is -0.0473. The second kappa shape index (κ2) is 6.43. The van der Waals surface area contributed by atoms with Crippen LogP contribution in [0.25, 0.3) is 0 Å². The molecule has 3 aliphatic rings. The van der Waals surface area contributed by atoms with Crippen LogP contribution >= 0.6 is 0 Å². The van der Waals surface area contributed by atoms with E-state index in [1.54, 1.807) is 6.07 Å². The minimum Gasteiger partial charge on any atom is -0.370 e. The van der Waals surface area contributed by atoms with Crippen molar-refractivity contribution in [3.63, 3.8) is 0 Å². The van der Waals surface area contributed by atoms with Crippen molar-refractivity contribution in [2.24, 2.45) is 5.92 Å². The van der Waals surface area contributed by atoms with Gasteiger partial charge in [0.25, 0.3) is 5.91 Å². The van der Waals surface area contributed by atoms with Gasteiger partial charge in [0.1, 0.15) is 11.5 Å². The molecule has 3 aliphatic heterocycles. The molecule has 1 aromatic rings. The summed E-state index contributed by atoms with van der Waals surface area (Å²) < 4.78 is 0. The van der Waals surface area contributed by atoms with Crippen molar-refractivity contribution in [1.29, 1.82) is 0 Å². The predicted molar refractivity (Wildman–Crippen MR) is 83.4 cm³/mol. The normalized spacial score (nSPS) is 27.4. The first kappa shape index (κ1) is 14.3. The Hall–Kier alpha value is -1.62. The molecule has 0 aliphatic carbocycles. The van der Waals surface area contributed by atoms with E-state index in [4.69, 9.17) is 0 Å². The molecule has 1 unspecified atom stereocenters. The molecule has 1 amide bonds. The average Bonchev–Trinajstić information content (AvgIpc) is 2.54. The van der Waals surface area contributed by atoms with Crippen LogP contribution in [0.1, 0.15) is 36.7 Å². The van der Waals surface area contributed by atoms with E-state index in [1.807, 2.05) is 12.1 Å². The Morgan fingerprint density at radius 3 is 2.86 bits per heavy atom. The quantitative estimate of drug-likeness (QED) is 0.866. The summed E-state index contributed by atoms with van der Waals surface area (Å²) in [6.07, 6.45) is 3.45. The molecule has 2 bridgehead atoms. The summed E-state index contributed by atoms with van der Waals surface area (Å²) >= 11 is 0. The van der Waals surface area contributed by atoms with Crippen LogP contribution in [0.5, 0.6) is 0 Å². The molecule has 2 N–H and O–H groups in total. The molecule has 21 heavy (non-hydrogen) atoms. The molecule has 3 fully saturated rings. The van der Waals surface area contributed by atoms with Crippen molar-refractivity contribution >= 4 is 11.7 Å². The molecule has 1 aromatic heterocycles. The lowest BCUT2D eigenvalue weighted by molar-refractivity contribution is 0.0618. The second-order valence-electron chi connectivity index (χ2n) is 6.05. The summed E-state index contributed by atoms with van der Waals surface area (Å²) in [6.45, 7) is 6.34. The van der Waals surface area contributed by atoms with Crippen molar-refractivity contribution in [2.75, 3.05) is 31.5 Å². The third-order valence-corrected chi connectivity index (χ3v) is 4.51. The molecule has 4 rings (SSSR count). The molecule has 1 atom stereocenters. The minimum absolute atomic E-state index is 0.0473. The van der Waals surface area contributed by atoms with Crippen molar-refractivity contribution in [3.8, 4) is 0 Å². The Morgan fingerprint density at radius 2 is 2.19 bits per heavy atom. The zero-order valence-electron chi connectivity index (χ0n) is 12.6. The molecule has 0 spiro atoms. The fourth-order valence-electron chi connectivity index (χ4n) is 3.28. The van der Waals surface area contributed by atoms with E-state index >= 15 is 0 Å². The molecule has 0 radical (unpaired) electrons. The molecule has 5 heteroatoms. The number of aromatic nitrogens is 1. The van der Waals surface area contributed by atoms with Crippen LogP contribution in [0, 0.1) is 5.92 Å². The van der Waals surface area contributed by atoms with E-state index in [1.165, 1.54) is 25.9 Å². The number of carbonyl (C=O) groups excluding carboxylic acids is 1. The first-order valence-electron chi connectivity index (χ1n) is 8.00. The number of amides is 1. The fraction of sp³-hybridized carbons (Fsp3) is 0.625. The lowest BCUT2D eigenvalue weighted by atomic mass is 9.84. The molecule has 0 saturated carbocycles. The Bertz CT molecular complexity index is 497. The predicted octanol–water partition coefficient (Wildman–Crippen LogP) is 1.73. The Balaban J connectivity index is 1.62. The molecule has 114 valence electrons. The van der Waals surface area contributed by atoms with Gasteiger partial charge in [-0.15, -0.1) is 0 Å². The van der Waals surface area contributed by atoms with Crippen molar-refractivity contribution in [1.82, 2.24) is 15.2 Å². The maximum absolute atomic E-state index is 12.4. The number of nitrogens with zero attached hydrogens (tertiary/aromatic N) is 2. The Kier molecular flexibility index (Phi) is 4.39. The first-order valence-corrected chi connectivity index (χ1v) is 8.00. The highest BCUT2D eigenvalue weighted by molar-refractivity contribution is 5.92. The number of anilines is 1. The summed E-state index contributed by atoms with van der Waals surface area (Å²) in [7, 11) is 0. The SMILES string of the molecule is CCCNc1cccc(C(=O)NC2CN3CCC2CC3)n1. The van der Waals surface area contributed by atoms with Crippen LogP contribution < -0.4 is 10.6 Å². The van der Waals surface area contributed by atoms with Gasteiger partial charge >= 0.3 is 0 Å². The van der Waals surface area contributed by atoms with E-state index in [2.05, 4.69) is 27.4 Å². The number of rotatable bonds is 5. The van der Waals surface area contributed by atoms with Crippen LogP contribution in [-0.4, -0.2) is 48.0 Å². The van der Waals surface area contributed by atoms with Gasteiger partial charge in [-0.25, -0.2) is 4.98 Å².